The highest BCUT2D eigenvalue weighted by Crippen LogP contribution is 2.50. The number of fused-ring (bicyclic) bond motifs is 1. The number of piperidine rings is 1. The number of carbonyl (C=O) groups excluding carboxylic acids is 2. The van der Waals surface area contributed by atoms with Crippen LogP contribution in [0.15, 0.2) is 18.2 Å². The Labute approximate surface area is 229 Å². The van der Waals surface area contributed by atoms with Crippen molar-refractivity contribution in [2.75, 3.05) is 58.2 Å². The van der Waals surface area contributed by atoms with Crippen molar-refractivity contribution in [2.45, 2.75) is 38.5 Å². The highest BCUT2D eigenvalue weighted by Gasteiger charge is 2.56. The van der Waals surface area contributed by atoms with Gasteiger partial charge in [-0.05, 0) is 73.6 Å². The summed E-state index contributed by atoms with van der Waals surface area (Å²) in [5, 5.41) is 18.7. The van der Waals surface area contributed by atoms with Gasteiger partial charge in [-0.1, -0.05) is 6.07 Å². The molecule has 39 heavy (non-hydrogen) atoms. The van der Waals surface area contributed by atoms with Gasteiger partial charge in [0.25, 0.3) is 5.91 Å². The SMILES string of the molecule is Cc1cc(C#N)ccc1C1CCN(S(=O)(=O)CC2(C(=O)NO)C[C@H]3CN(C(=O)N4CCOCC4)C[C@H]3C2)CC1. The fourth-order valence-electron chi connectivity index (χ4n) is 7.18. The molecule has 1 saturated carbocycles. The zero-order chi connectivity index (χ0) is 27.8. The van der Waals surface area contributed by atoms with E-state index in [1.807, 2.05) is 24.0 Å². The van der Waals surface area contributed by atoms with Crippen molar-refractivity contribution >= 4 is 22.0 Å². The molecule has 3 saturated heterocycles. The summed E-state index contributed by atoms with van der Waals surface area (Å²) in [4.78, 5) is 29.5. The molecule has 4 aliphatic rings. The zero-order valence-electron chi connectivity index (χ0n) is 22.3. The number of ether oxygens (including phenoxy) is 1. The maximum absolute atomic E-state index is 13.6. The minimum Gasteiger partial charge on any atom is -0.378 e. The third-order valence-electron chi connectivity index (χ3n) is 9.16. The van der Waals surface area contributed by atoms with E-state index in [0.29, 0.717) is 83.7 Å². The summed E-state index contributed by atoms with van der Waals surface area (Å²) in [7, 11) is -3.77. The largest absolute Gasteiger partial charge is 0.378 e. The third kappa shape index (κ3) is 5.50. The standard InChI is InChI=1S/C27H37N5O6S/c1-19-12-20(15-28)2-3-24(19)21-4-6-32(7-5-21)39(36,37)18-27(25(33)29-35)13-22-16-31(17-23(22)14-27)26(34)30-8-10-38-11-9-30/h2-3,12,21-23,35H,4-11,13-14,16-18H2,1H3,(H,29,33)/t22-,23+,27?. The molecule has 1 aliphatic carbocycles. The molecule has 12 heteroatoms. The lowest BCUT2D eigenvalue weighted by Gasteiger charge is -2.36. The number of carbonyl (C=O) groups is 2. The summed E-state index contributed by atoms with van der Waals surface area (Å²) in [5.41, 5.74) is 3.31. The molecule has 5 rings (SSSR count). The van der Waals surface area contributed by atoms with Crippen molar-refractivity contribution in [1.82, 2.24) is 19.6 Å². The topological polar surface area (TPSA) is 143 Å². The van der Waals surface area contributed by atoms with E-state index in [1.54, 1.807) is 16.4 Å². The number of hydroxylamine groups is 1. The number of rotatable bonds is 5. The van der Waals surface area contributed by atoms with Crippen molar-refractivity contribution in [2.24, 2.45) is 17.3 Å². The van der Waals surface area contributed by atoms with Gasteiger partial charge in [0.05, 0.1) is 36.0 Å². The molecule has 0 bridgehead atoms. The van der Waals surface area contributed by atoms with Crippen LogP contribution < -0.4 is 5.48 Å². The number of sulfonamides is 1. The van der Waals surface area contributed by atoms with E-state index in [4.69, 9.17) is 10.00 Å². The lowest BCUT2D eigenvalue weighted by molar-refractivity contribution is -0.138. The van der Waals surface area contributed by atoms with Gasteiger partial charge in [-0.25, -0.2) is 23.0 Å². The molecule has 212 valence electrons. The molecule has 3 heterocycles. The average Bonchev–Trinajstić information content (AvgIpc) is 3.49. The van der Waals surface area contributed by atoms with Crippen molar-refractivity contribution in [1.29, 1.82) is 5.26 Å². The second kappa shape index (κ2) is 11.0. The number of benzene rings is 1. The van der Waals surface area contributed by atoms with Crippen LogP contribution in [-0.2, 0) is 19.6 Å². The fourth-order valence-corrected chi connectivity index (χ4v) is 9.19. The van der Waals surface area contributed by atoms with Crippen LogP contribution in [0.1, 0.15) is 48.3 Å². The first-order valence-electron chi connectivity index (χ1n) is 13.7. The lowest BCUT2D eigenvalue weighted by atomic mass is 9.86. The van der Waals surface area contributed by atoms with Gasteiger partial charge in [0, 0.05) is 39.3 Å². The lowest BCUT2D eigenvalue weighted by Crippen LogP contribution is -2.50. The number of nitriles is 1. The zero-order valence-corrected chi connectivity index (χ0v) is 23.2. The van der Waals surface area contributed by atoms with Crippen LogP contribution in [-0.4, -0.2) is 97.9 Å². The Hall–Kier alpha value is -2.72. The molecule has 0 spiro atoms. The summed E-state index contributed by atoms with van der Waals surface area (Å²) in [6.45, 7) is 5.82. The molecule has 4 fully saturated rings. The summed E-state index contributed by atoms with van der Waals surface area (Å²) in [6, 6.07) is 7.75. The van der Waals surface area contributed by atoms with Gasteiger partial charge in [0.1, 0.15) is 0 Å². The van der Waals surface area contributed by atoms with Gasteiger partial charge in [-0.2, -0.15) is 5.26 Å². The Balaban J connectivity index is 1.23. The number of hydrogen-bond acceptors (Lipinski definition) is 7. The van der Waals surface area contributed by atoms with Crippen molar-refractivity contribution in [3.63, 3.8) is 0 Å². The number of urea groups is 1. The average molecular weight is 560 g/mol. The number of aryl methyl sites for hydroxylation is 1. The van der Waals surface area contributed by atoms with Gasteiger partial charge < -0.3 is 14.5 Å². The van der Waals surface area contributed by atoms with Crippen LogP contribution in [0.4, 0.5) is 4.79 Å². The van der Waals surface area contributed by atoms with E-state index in [0.717, 1.165) is 11.1 Å². The van der Waals surface area contributed by atoms with Crippen LogP contribution >= 0.6 is 0 Å². The van der Waals surface area contributed by atoms with E-state index in [2.05, 4.69) is 6.07 Å². The normalized spacial score (nSPS) is 28.2. The van der Waals surface area contributed by atoms with Crippen LogP contribution in [0, 0.1) is 35.5 Å². The fraction of sp³-hybridized carbons (Fsp3) is 0.667. The van der Waals surface area contributed by atoms with E-state index in [1.165, 1.54) is 4.31 Å². The van der Waals surface area contributed by atoms with Crippen LogP contribution in [0.25, 0.3) is 0 Å². The van der Waals surface area contributed by atoms with Crippen molar-refractivity contribution < 1.29 is 28.0 Å². The number of amides is 3. The molecule has 1 unspecified atom stereocenters. The summed E-state index contributed by atoms with van der Waals surface area (Å²) >= 11 is 0. The van der Waals surface area contributed by atoms with E-state index >= 15 is 0 Å². The first kappa shape index (κ1) is 27.8. The predicted octanol–water partition coefficient (Wildman–Crippen LogP) is 1.66. The number of hydrogen-bond donors (Lipinski definition) is 2. The Bertz CT molecular complexity index is 1240. The monoisotopic (exact) mass is 559 g/mol. The molecule has 3 atom stereocenters. The van der Waals surface area contributed by atoms with Gasteiger partial charge in [0.2, 0.25) is 10.0 Å². The minimum absolute atomic E-state index is 0.00702. The van der Waals surface area contributed by atoms with Gasteiger partial charge in [-0.15, -0.1) is 0 Å². The molecular weight excluding hydrogens is 522 g/mol. The second-order valence-corrected chi connectivity index (χ2v) is 13.5. The Morgan fingerprint density at radius 2 is 1.74 bits per heavy atom. The second-order valence-electron chi connectivity index (χ2n) is 11.5. The smallest absolute Gasteiger partial charge is 0.320 e. The quantitative estimate of drug-likeness (QED) is 0.413. The third-order valence-corrected chi connectivity index (χ3v) is 11.2. The number of morpholine rings is 1. The highest BCUT2D eigenvalue weighted by molar-refractivity contribution is 7.89. The molecule has 3 amide bonds. The molecule has 0 aromatic heterocycles. The maximum Gasteiger partial charge on any atom is 0.320 e. The Kier molecular flexibility index (Phi) is 7.88. The molecular formula is C27H37N5O6S. The number of nitrogens with one attached hydrogen (secondary N) is 1. The minimum atomic E-state index is -3.77. The van der Waals surface area contributed by atoms with Crippen molar-refractivity contribution in [3.8, 4) is 6.07 Å². The van der Waals surface area contributed by atoms with Gasteiger partial charge in [0.15, 0.2) is 0 Å². The predicted molar refractivity (Wildman–Crippen MR) is 141 cm³/mol. The van der Waals surface area contributed by atoms with Gasteiger partial charge >= 0.3 is 6.03 Å². The molecule has 0 radical (unpaired) electrons. The summed E-state index contributed by atoms with van der Waals surface area (Å²) in [5.74, 6) is -0.785. The summed E-state index contributed by atoms with van der Waals surface area (Å²) < 4.78 is 34.0. The molecule has 1 aromatic carbocycles. The molecule has 2 N–H and O–H groups in total. The molecule has 11 nitrogen and oxygen atoms in total. The Morgan fingerprint density at radius 3 is 2.31 bits per heavy atom. The Morgan fingerprint density at radius 1 is 1.10 bits per heavy atom. The van der Waals surface area contributed by atoms with E-state index < -0.39 is 21.3 Å². The molecule has 1 aromatic rings. The van der Waals surface area contributed by atoms with Crippen LogP contribution in [0.5, 0.6) is 0 Å². The molecule has 3 aliphatic heterocycles. The van der Waals surface area contributed by atoms with E-state index in [9.17, 15) is 23.2 Å². The van der Waals surface area contributed by atoms with Gasteiger partial charge in [-0.3, -0.25) is 10.0 Å². The van der Waals surface area contributed by atoms with Crippen molar-refractivity contribution in [3.05, 3.63) is 34.9 Å². The van der Waals surface area contributed by atoms with Crippen LogP contribution in [0.3, 0.4) is 0 Å². The first-order chi connectivity index (χ1) is 18.7. The number of nitrogens with zero attached hydrogens (tertiary/aromatic N) is 4. The first-order valence-corrected chi connectivity index (χ1v) is 15.3. The number of likely N-dealkylation sites (tertiary alicyclic amines) is 1. The summed E-state index contributed by atoms with van der Waals surface area (Å²) in [6.07, 6.45) is 1.96. The van der Waals surface area contributed by atoms with Crippen LogP contribution in [0.2, 0.25) is 0 Å². The maximum atomic E-state index is 13.6. The van der Waals surface area contributed by atoms with E-state index in [-0.39, 0.29) is 29.5 Å². The highest BCUT2D eigenvalue weighted by atomic mass is 32.2.